The molecule has 0 aliphatic carbocycles. The van der Waals surface area contributed by atoms with E-state index in [1.165, 1.54) is 6.42 Å². The highest BCUT2D eigenvalue weighted by molar-refractivity contribution is 5.95. The Labute approximate surface area is 195 Å². The van der Waals surface area contributed by atoms with Crippen molar-refractivity contribution in [2.24, 2.45) is 0 Å². The number of aromatic nitrogens is 2. The van der Waals surface area contributed by atoms with E-state index in [0.29, 0.717) is 25.9 Å². The van der Waals surface area contributed by atoms with Crippen molar-refractivity contribution in [3.63, 3.8) is 0 Å². The zero-order valence-corrected chi connectivity index (χ0v) is 19.5. The lowest BCUT2D eigenvalue weighted by atomic mass is 10.0. The van der Waals surface area contributed by atoms with E-state index in [2.05, 4.69) is 4.90 Å². The third kappa shape index (κ3) is 4.64. The van der Waals surface area contributed by atoms with Crippen molar-refractivity contribution in [3.05, 3.63) is 53.0 Å². The number of carbonyl (C=O) groups is 2. The molecule has 0 unspecified atom stereocenters. The summed E-state index contributed by atoms with van der Waals surface area (Å²) in [5, 5.41) is 0. The van der Waals surface area contributed by atoms with Crippen molar-refractivity contribution in [1.29, 1.82) is 0 Å². The number of anilines is 1. The minimum absolute atomic E-state index is 0.0262. The molecule has 33 heavy (non-hydrogen) atoms. The van der Waals surface area contributed by atoms with Crippen LogP contribution in [0.15, 0.2) is 30.3 Å². The molecule has 4 heterocycles. The van der Waals surface area contributed by atoms with Crippen LogP contribution in [0.3, 0.4) is 0 Å². The van der Waals surface area contributed by atoms with Gasteiger partial charge in [-0.1, -0.05) is 30.3 Å². The molecule has 7 heteroatoms. The summed E-state index contributed by atoms with van der Waals surface area (Å²) in [6.07, 6.45) is 6.58. The van der Waals surface area contributed by atoms with E-state index < -0.39 is 0 Å². The van der Waals surface area contributed by atoms with Crippen LogP contribution in [-0.2, 0) is 22.6 Å². The average molecular weight is 448 g/mol. The van der Waals surface area contributed by atoms with Gasteiger partial charge in [0.1, 0.15) is 11.6 Å². The smallest absolute Gasteiger partial charge is 0.236 e. The maximum Gasteiger partial charge on any atom is 0.236 e. The van der Waals surface area contributed by atoms with Gasteiger partial charge in [0, 0.05) is 30.8 Å². The molecule has 7 nitrogen and oxygen atoms in total. The molecule has 2 amide bonds. The Balaban J connectivity index is 1.40. The number of hydrogen-bond acceptors (Lipinski definition) is 5. The number of aryl methyl sites for hydroxylation is 1. The van der Waals surface area contributed by atoms with Crippen LogP contribution >= 0.6 is 0 Å². The zero-order valence-electron chi connectivity index (χ0n) is 19.5. The normalized spacial score (nSPS) is 21.4. The molecule has 0 bridgehead atoms. The number of rotatable bonds is 5. The number of nitrogens with zero attached hydrogens (tertiary/aromatic N) is 5. The van der Waals surface area contributed by atoms with E-state index in [1.807, 2.05) is 47.1 Å². The van der Waals surface area contributed by atoms with Gasteiger partial charge in [-0.3, -0.25) is 19.4 Å². The lowest BCUT2D eigenvalue weighted by Crippen LogP contribution is -2.43. The molecule has 0 N–H and O–H groups in total. The van der Waals surface area contributed by atoms with Crippen LogP contribution < -0.4 is 4.90 Å². The molecule has 0 radical (unpaired) electrons. The zero-order chi connectivity index (χ0) is 22.8. The number of amides is 2. The first kappa shape index (κ1) is 22.0. The van der Waals surface area contributed by atoms with Gasteiger partial charge in [-0.05, 0) is 57.6 Å². The highest BCUT2D eigenvalue weighted by Crippen LogP contribution is 2.35. The van der Waals surface area contributed by atoms with Crippen LogP contribution in [0.2, 0.25) is 0 Å². The van der Waals surface area contributed by atoms with E-state index in [4.69, 9.17) is 9.97 Å². The fourth-order valence-electron chi connectivity index (χ4n) is 5.41. The first-order chi connectivity index (χ1) is 16.1. The first-order valence-electron chi connectivity index (χ1n) is 12.3. The van der Waals surface area contributed by atoms with Crippen LogP contribution in [0.25, 0.3) is 0 Å². The third-order valence-electron chi connectivity index (χ3n) is 7.25. The monoisotopic (exact) mass is 447 g/mol. The van der Waals surface area contributed by atoms with Crippen LogP contribution in [0.1, 0.15) is 67.2 Å². The molecule has 2 saturated heterocycles. The summed E-state index contributed by atoms with van der Waals surface area (Å²) < 4.78 is 0. The number of hydrogen-bond donors (Lipinski definition) is 0. The predicted octanol–water partition coefficient (Wildman–Crippen LogP) is 3.41. The van der Waals surface area contributed by atoms with Gasteiger partial charge in [0.2, 0.25) is 11.8 Å². The van der Waals surface area contributed by atoms with Gasteiger partial charge in [0.25, 0.3) is 0 Å². The van der Waals surface area contributed by atoms with Crippen molar-refractivity contribution in [2.75, 3.05) is 31.1 Å². The maximum atomic E-state index is 12.9. The second-order valence-electron chi connectivity index (χ2n) is 9.50. The summed E-state index contributed by atoms with van der Waals surface area (Å²) in [5.41, 5.74) is 3.11. The summed E-state index contributed by atoms with van der Waals surface area (Å²) in [6.45, 7) is 5.61. The molecular formula is C26H33N5O2. The Morgan fingerprint density at radius 2 is 1.79 bits per heavy atom. The van der Waals surface area contributed by atoms with Gasteiger partial charge in [0.15, 0.2) is 0 Å². The molecular weight excluding hydrogens is 414 g/mol. The maximum absolute atomic E-state index is 12.9. The van der Waals surface area contributed by atoms with E-state index in [1.54, 1.807) is 0 Å². The lowest BCUT2D eigenvalue weighted by molar-refractivity contribution is -0.133. The third-order valence-corrected chi connectivity index (χ3v) is 7.25. The standard InChI is InChI=1S/C26H33N5O2/c1-19-21-12-13-23(32)31(17-20-9-4-2-5-10-20)26(21)28-25(27-19)22-11-8-16-30(22)18-24(33)29-14-6-3-7-15-29/h2,4-5,9-10,22H,3,6-8,11-18H2,1H3/t22-/m0/s1. The Hall–Kier alpha value is -2.80. The number of fused-ring (bicyclic) bond motifs is 1. The highest BCUT2D eigenvalue weighted by atomic mass is 16.2. The van der Waals surface area contributed by atoms with E-state index in [9.17, 15) is 9.59 Å². The fourth-order valence-corrected chi connectivity index (χ4v) is 5.41. The molecule has 2 aromatic rings. The number of carbonyl (C=O) groups excluding carboxylic acids is 2. The molecule has 174 valence electrons. The SMILES string of the molecule is Cc1nc([C@@H]2CCCN2CC(=O)N2CCCCC2)nc2c1CCC(=O)N2Cc1ccccc1. The molecule has 1 aromatic carbocycles. The summed E-state index contributed by atoms with van der Waals surface area (Å²) in [4.78, 5) is 41.8. The fraction of sp³-hybridized carbons (Fsp3) is 0.538. The summed E-state index contributed by atoms with van der Waals surface area (Å²) in [6, 6.07) is 10.1. The average Bonchev–Trinajstić information content (AvgIpc) is 3.30. The topological polar surface area (TPSA) is 69.6 Å². The van der Waals surface area contributed by atoms with Gasteiger partial charge in [-0.25, -0.2) is 9.97 Å². The molecule has 3 aliphatic rings. The molecule has 0 spiro atoms. The van der Waals surface area contributed by atoms with E-state index >= 15 is 0 Å². The number of benzene rings is 1. The minimum Gasteiger partial charge on any atom is -0.342 e. The molecule has 0 saturated carbocycles. The highest BCUT2D eigenvalue weighted by Gasteiger charge is 2.34. The second-order valence-corrected chi connectivity index (χ2v) is 9.50. The van der Waals surface area contributed by atoms with E-state index in [0.717, 1.165) is 73.8 Å². The van der Waals surface area contributed by atoms with Crippen LogP contribution in [0.5, 0.6) is 0 Å². The summed E-state index contributed by atoms with van der Waals surface area (Å²) >= 11 is 0. The molecule has 5 rings (SSSR count). The number of piperidine rings is 1. The van der Waals surface area contributed by atoms with E-state index in [-0.39, 0.29) is 17.9 Å². The Kier molecular flexibility index (Phi) is 6.40. The molecule has 1 atom stereocenters. The van der Waals surface area contributed by atoms with Gasteiger partial charge in [0.05, 0.1) is 19.1 Å². The largest absolute Gasteiger partial charge is 0.342 e. The second kappa shape index (κ2) is 9.59. The van der Waals surface area contributed by atoms with Crippen molar-refractivity contribution < 1.29 is 9.59 Å². The Morgan fingerprint density at radius 1 is 1.00 bits per heavy atom. The summed E-state index contributed by atoms with van der Waals surface area (Å²) in [5.74, 6) is 1.84. The van der Waals surface area contributed by atoms with Gasteiger partial charge >= 0.3 is 0 Å². The van der Waals surface area contributed by atoms with Crippen molar-refractivity contribution >= 4 is 17.6 Å². The van der Waals surface area contributed by atoms with Gasteiger partial charge < -0.3 is 4.90 Å². The molecule has 2 fully saturated rings. The lowest BCUT2D eigenvalue weighted by Gasteiger charge is -2.32. The van der Waals surface area contributed by atoms with Gasteiger partial charge in [-0.2, -0.15) is 0 Å². The van der Waals surface area contributed by atoms with Crippen LogP contribution in [-0.4, -0.2) is 57.8 Å². The number of likely N-dealkylation sites (tertiary alicyclic amines) is 2. The molecule has 1 aromatic heterocycles. The van der Waals surface area contributed by atoms with Crippen LogP contribution in [0.4, 0.5) is 5.82 Å². The van der Waals surface area contributed by atoms with Gasteiger partial charge in [-0.15, -0.1) is 0 Å². The summed E-state index contributed by atoms with van der Waals surface area (Å²) in [7, 11) is 0. The minimum atomic E-state index is 0.0262. The predicted molar refractivity (Wildman–Crippen MR) is 127 cm³/mol. The quantitative estimate of drug-likeness (QED) is 0.703. The Morgan fingerprint density at radius 3 is 2.58 bits per heavy atom. The van der Waals surface area contributed by atoms with Crippen molar-refractivity contribution in [1.82, 2.24) is 19.8 Å². The van der Waals surface area contributed by atoms with Crippen molar-refractivity contribution in [2.45, 2.75) is 64.5 Å². The van der Waals surface area contributed by atoms with Crippen LogP contribution in [0, 0.1) is 6.92 Å². The van der Waals surface area contributed by atoms with Crippen molar-refractivity contribution in [3.8, 4) is 0 Å². The molecule has 3 aliphatic heterocycles. The first-order valence-corrected chi connectivity index (χ1v) is 12.3. The Bertz CT molecular complexity index is 1020.